The summed E-state index contributed by atoms with van der Waals surface area (Å²) in [5.41, 5.74) is 3.50. The number of urea groups is 1. The van der Waals surface area contributed by atoms with Crippen LogP contribution in [0.15, 0.2) is 16.9 Å². The summed E-state index contributed by atoms with van der Waals surface area (Å²) in [6.07, 6.45) is 6.98. The SMILES string of the molecule is C[C@@H]1Cc2[nH]nc(C3CCCC3)c2CN1C(=O)Nc1ccnc(Br)c1F. The van der Waals surface area contributed by atoms with Crippen molar-refractivity contribution in [2.75, 3.05) is 5.32 Å². The van der Waals surface area contributed by atoms with E-state index >= 15 is 0 Å². The topological polar surface area (TPSA) is 73.9 Å². The number of anilines is 1. The van der Waals surface area contributed by atoms with Crippen LogP contribution in [0.3, 0.4) is 0 Å². The van der Waals surface area contributed by atoms with Crippen LogP contribution < -0.4 is 5.32 Å². The first kappa shape index (κ1) is 17.5. The van der Waals surface area contributed by atoms with Crippen molar-refractivity contribution in [2.45, 2.75) is 57.5 Å². The van der Waals surface area contributed by atoms with Gasteiger partial charge in [-0.3, -0.25) is 5.10 Å². The molecular formula is C18H21BrFN5O. The minimum absolute atomic E-state index is 0.00715. The number of hydrogen-bond donors (Lipinski definition) is 2. The molecule has 1 fully saturated rings. The highest BCUT2D eigenvalue weighted by Crippen LogP contribution is 2.37. The molecule has 8 heteroatoms. The smallest absolute Gasteiger partial charge is 0.317 e. The van der Waals surface area contributed by atoms with Gasteiger partial charge in [-0.2, -0.15) is 5.10 Å². The standard InChI is InChI=1S/C18H21BrFN5O/c1-10-8-14-12(16(24-23-14)11-4-2-3-5-11)9-25(10)18(26)22-13-6-7-21-17(19)15(13)20/h6-7,10-11H,2-5,8-9H2,1H3,(H,23,24)(H,21,22,26)/t10-/m1/s1. The normalized spacial score (nSPS) is 20.3. The molecule has 0 aromatic carbocycles. The number of nitrogens with zero attached hydrogens (tertiary/aromatic N) is 3. The van der Waals surface area contributed by atoms with Gasteiger partial charge in [0.1, 0.15) is 4.60 Å². The van der Waals surface area contributed by atoms with Crippen molar-refractivity contribution in [1.82, 2.24) is 20.1 Å². The Bertz CT molecular complexity index is 833. The average molecular weight is 422 g/mol. The van der Waals surface area contributed by atoms with E-state index in [0.29, 0.717) is 12.5 Å². The van der Waals surface area contributed by atoms with Crippen molar-refractivity contribution in [1.29, 1.82) is 0 Å². The molecule has 6 nitrogen and oxygen atoms in total. The summed E-state index contributed by atoms with van der Waals surface area (Å²) in [6.45, 7) is 2.50. The number of rotatable bonds is 2. The Morgan fingerprint density at radius 2 is 2.19 bits per heavy atom. The number of nitrogens with one attached hydrogen (secondary N) is 2. The summed E-state index contributed by atoms with van der Waals surface area (Å²) in [4.78, 5) is 18.4. The molecule has 0 spiro atoms. The van der Waals surface area contributed by atoms with Gasteiger partial charge >= 0.3 is 6.03 Å². The Kier molecular flexibility index (Phi) is 4.69. The van der Waals surface area contributed by atoms with Gasteiger partial charge in [-0.05, 0) is 41.8 Å². The molecular weight excluding hydrogens is 401 g/mol. The van der Waals surface area contributed by atoms with Crippen molar-refractivity contribution in [3.05, 3.63) is 39.6 Å². The first-order valence-corrected chi connectivity index (χ1v) is 9.77. The molecule has 1 aliphatic carbocycles. The molecule has 2 amide bonds. The van der Waals surface area contributed by atoms with Crippen LogP contribution in [0, 0.1) is 5.82 Å². The Hall–Kier alpha value is -1.96. The minimum Gasteiger partial charge on any atom is -0.317 e. The van der Waals surface area contributed by atoms with E-state index in [1.807, 2.05) is 6.92 Å². The van der Waals surface area contributed by atoms with Crippen LogP contribution >= 0.6 is 15.9 Å². The number of aromatic nitrogens is 3. The average Bonchev–Trinajstić information content (AvgIpc) is 3.27. The largest absolute Gasteiger partial charge is 0.322 e. The first-order chi connectivity index (χ1) is 12.5. The van der Waals surface area contributed by atoms with Gasteiger partial charge in [-0.25, -0.2) is 14.2 Å². The highest BCUT2D eigenvalue weighted by Gasteiger charge is 2.33. The lowest BCUT2D eigenvalue weighted by molar-refractivity contribution is 0.181. The van der Waals surface area contributed by atoms with E-state index in [-0.39, 0.29) is 22.4 Å². The second kappa shape index (κ2) is 6.98. The van der Waals surface area contributed by atoms with E-state index in [1.165, 1.54) is 25.1 Å². The van der Waals surface area contributed by atoms with Crippen LogP contribution in [0.5, 0.6) is 0 Å². The van der Waals surface area contributed by atoms with Gasteiger partial charge in [-0.1, -0.05) is 12.8 Å². The highest BCUT2D eigenvalue weighted by molar-refractivity contribution is 9.10. The molecule has 2 aromatic heterocycles. The molecule has 2 N–H and O–H groups in total. The van der Waals surface area contributed by atoms with E-state index in [4.69, 9.17) is 0 Å². The number of carbonyl (C=O) groups excluding carboxylic acids is 1. The van der Waals surface area contributed by atoms with Gasteiger partial charge in [0.25, 0.3) is 0 Å². The van der Waals surface area contributed by atoms with E-state index in [2.05, 4.69) is 36.4 Å². The molecule has 0 saturated heterocycles. The summed E-state index contributed by atoms with van der Waals surface area (Å²) in [5, 5.41) is 10.4. The summed E-state index contributed by atoms with van der Waals surface area (Å²) in [5.74, 6) is -0.0805. The van der Waals surface area contributed by atoms with Crippen LogP contribution in [0.1, 0.15) is 55.5 Å². The Morgan fingerprint density at radius 1 is 1.42 bits per heavy atom. The number of hydrogen-bond acceptors (Lipinski definition) is 3. The van der Waals surface area contributed by atoms with E-state index in [0.717, 1.165) is 36.2 Å². The summed E-state index contributed by atoms with van der Waals surface area (Å²) >= 11 is 3.04. The van der Waals surface area contributed by atoms with Crippen LogP contribution in [0.4, 0.5) is 14.9 Å². The monoisotopic (exact) mass is 421 g/mol. The van der Waals surface area contributed by atoms with Gasteiger partial charge in [0.15, 0.2) is 5.82 Å². The fraction of sp³-hybridized carbons (Fsp3) is 0.500. The molecule has 2 aliphatic rings. The third-order valence-electron chi connectivity index (χ3n) is 5.44. The van der Waals surface area contributed by atoms with E-state index < -0.39 is 5.82 Å². The number of halogens is 2. The molecule has 138 valence electrons. The quantitative estimate of drug-likeness (QED) is 0.708. The van der Waals surface area contributed by atoms with Gasteiger partial charge in [0, 0.05) is 35.8 Å². The fourth-order valence-electron chi connectivity index (χ4n) is 4.00. The lowest BCUT2D eigenvalue weighted by Crippen LogP contribution is -2.45. The molecule has 1 atom stereocenters. The number of fused-ring (bicyclic) bond motifs is 1. The second-order valence-electron chi connectivity index (χ2n) is 7.12. The Labute approximate surface area is 159 Å². The number of carbonyl (C=O) groups is 1. The van der Waals surface area contributed by atoms with Crippen molar-refractivity contribution >= 4 is 27.6 Å². The number of H-pyrrole nitrogens is 1. The van der Waals surface area contributed by atoms with Crippen LogP contribution in [-0.2, 0) is 13.0 Å². The third-order valence-corrected chi connectivity index (χ3v) is 5.99. The van der Waals surface area contributed by atoms with Crippen LogP contribution in [0.2, 0.25) is 0 Å². The zero-order chi connectivity index (χ0) is 18.3. The van der Waals surface area contributed by atoms with E-state index in [1.54, 1.807) is 4.90 Å². The lowest BCUT2D eigenvalue weighted by atomic mass is 9.94. The lowest BCUT2D eigenvalue weighted by Gasteiger charge is -2.33. The van der Waals surface area contributed by atoms with Gasteiger partial charge in [-0.15, -0.1) is 0 Å². The van der Waals surface area contributed by atoms with Crippen molar-refractivity contribution in [3.8, 4) is 0 Å². The van der Waals surface area contributed by atoms with Crippen molar-refractivity contribution < 1.29 is 9.18 Å². The Morgan fingerprint density at radius 3 is 2.96 bits per heavy atom. The molecule has 0 radical (unpaired) electrons. The number of aromatic amines is 1. The number of pyridine rings is 1. The maximum Gasteiger partial charge on any atom is 0.322 e. The molecule has 0 unspecified atom stereocenters. The molecule has 3 heterocycles. The summed E-state index contributed by atoms with van der Waals surface area (Å²) in [6, 6.07) is 1.16. The summed E-state index contributed by atoms with van der Waals surface area (Å²) in [7, 11) is 0. The van der Waals surface area contributed by atoms with Crippen LogP contribution in [-0.4, -0.2) is 32.2 Å². The first-order valence-electron chi connectivity index (χ1n) is 8.98. The zero-order valence-corrected chi connectivity index (χ0v) is 16.1. The zero-order valence-electron chi connectivity index (χ0n) is 14.6. The predicted octanol–water partition coefficient (Wildman–Crippen LogP) is 4.34. The van der Waals surface area contributed by atoms with Crippen LogP contribution in [0.25, 0.3) is 0 Å². The fourth-order valence-corrected chi connectivity index (χ4v) is 4.34. The molecule has 4 rings (SSSR count). The molecule has 1 saturated carbocycles. The van der Waals surface area contributed by atoms with Gasteiger partial charge in [0.05, 0.1) is 17.9 Å². The minimum atomic E-state index is -0.568. The maximum atomic E-state index is 14.1. The third kappa shape index (κ3) is 3.11. The molecule has 2 aromatic rings. The molecule has 26 heavy (non-hydrogen) atoms. The van der Waals surface area contributed by atoms with Crippen molar-refractivity contribution in [3.63, 3.8) is 0 Å². The second-order valence-corrected chi connectivity index (χ2v) is 7.87. The van der Waals surface area contributed by atoms with Crippen molar-refractivity contribution in [2.24, 2.45) is 0 Å². The van der Waals surface area contributed by atoms with E-state index in [9.17, 15) is 9.18 Å². The van der Waals surface area contributed by atoms with Gasteiger partial charge in [0.2, 0.25) is 0 Å². The molecule has 0 bridgehead atoms. The molecule has 1 aliphatic heterocycles. The highest BCUT2D eigenvalue weighted by atomic mass is 79.9. The maximum absolute atomic E-state index is 14.1. The predicted molar refractivity (Wildman–Crippen MR) is 99.4 cm³/mol. The Balaban J connectivity index is 1.55. The number of amides is 2. The summed E-state index contributed by atoms with van der Waals surface area (Å²) < 4.78 is 14.2. The van der Waals surface area contributed by atoms with Gasteiger partial charge < -0.3 is 10.2 Å².